The summed E-state index contributed by atoms with van der Waals surface area (Å²) in [6.45, 7) is 1.51. The van der Waals surface area contributed by atoms with Crippen LogP contribution in [0.1, 0.15) is 21.1 Å². The van der Waals surface area contributed by atoms with Gasteiger partial charge in [-0.2, -0.15) is 0 Å². The van der Waals surface area contributed by atoms with Gasteiger partial charge < -0.3 is 9.47 Å². The quantitative estimate of drug-likeness (QED) is 0.452. The monoisotopic (exact) mass is 351 g/mol. The SMILES string of the molecule is COc1ccc(C(=O)COC(=O)/C=C/c2csc(C)n2)cc1Cl. The number of benzene rings is 1. The fraction of sp³-hybridized carbons (Fsp3) is 0.188. The van der Waals surface area contributed by atoms with Crippen LogP contribution in [0, 0.1) is 6.92 Å². The van der Waals surface area contributed by atoms with Crippen molar-refractivity contribution in [2.45, 2.75) is 6.92 Å². The Morgan fingerprint density at radius 3 is 2.78 bits per heavy atom. The summed E-state index contributed by atoms with van der Waals surface area (Å²) < 4.78 is 9.92. The number of esters is 1. The van der Waals surface area contributed by atoms with E-state index in [4.69, 9.17) is 21.1 Å². The summed E-state index contributed by atoms with van der Waals surface area (Å²) in [6.07, 6.45) is 2.78. The summed E-state index contributed by atoms with van der Waals surface area (Å²) in [4.78, 5) is 27.7. The number of hydrogen-bond donors (Lipinski definition) is 0. The Kier molecular flexibility index (Phi) is 5.90. The first kappa shape index (κ1) is 17.2. The molecular formula is C16H14ClNO4S. The molecule has 0 radical (unpaired) electrons. The third kappa shape index (κ3) is 4.91. The van der Waals surface area contributed by atoms with Gasteiger partial charge in [-0.25, -0.2) is 9.78 Å². The number of nitrogens with zero attached hydrogens (tertiary/aromatic N) is 1. The van der Waals surface area contributed by atoms with E-state index in [1.54, 1.807) is 18.2 Å². The van der Waals surface area contributed by atoms with Crippen molar-refractivity contribution in [1.82, 2.24) is 4.98 Å². The molecule has 0 aliphatic carbocycles. The van der Waals surface area contributed by atoms with Crippen molar-refractivity contribution in [2.24, 2.45) is 0 Å². The lowest BCUT2D eigenvalue weighted by molar-refractivity contribution is -0.136. The second-order valence-corrected chi connectivity index (χ2v) is 5.97. The van der Waals surface area contributed by atoms with Gasteiger partial charge in [0, 0.05) is 17.0 Å². The number of thiazole rings is 1. The highest BCUT2D eigenvalue weighted by atomic mass is 35.5. The molecule has 0 bridgehead atoms. The Morgan fingerprint density at radius 1 is 1.39 bits per heavy atom. The standard InChI is InChI=1S/C16H14ClNO4S/c1-10-18-12(9-23-10)4-6-16(20)22-8-14(19)11-3-5-15(21-2)13(17)7-11/h3-7,9H,8H2,1-2H3/b6-4+. The molecule has 1 heterocycles. The number of aromatic nitrogens is 1. The largest absolute Gasteiger partial charge is 0.495 e. The number of hydrogen-bond acceptors (Lipinski definition) is 6. The van der Waals surface area contributed by atoms with Crippen LogP contribution in [0.4, 0.5) is 0 Å². The highest BCUT2D eigenvalue weighted by Crippen LogP contribution is 2.25. The van der Waals surface area contributed by atoms with Gasteiger partial charge in [-0.3, -0.25) is 4.79 Å². The van der Waals surface area contributed by atoms with E-state index in [0.717, 1.165) is 5.01 Å². The number of ether oxygens (including phenoxy) is 2. The molecule has 0 N–H and O–H groups in total. The minimum atomic E-state index is -0.608. The topological polar surface area (TPSA) is 65.5 Å². The Hall–Kier alpha value is -2.18. The van der Waals surface area contributed by atoms with Crippen molar-refractivity contribution in [3.8, 4) is 5.75 Å². The summed E-state index contributed by atoms with van der Waals surface area (Å²) in [5.74, 6) is -0.480. The molecule has 0 unspecified atom stereocenters. The summed E-state index contributed by atoms with van der Waals surface area (Å²) >= 11 is 7.44. The Balaban J connectivity index is 1.89. The maximum atomic E-state index is 12.0. The number of carbonyl (C=O) groups is 2. The van der Waals surface area contributed by atoms with Crippen LogP contribution in [-0.4, -0.2) is 30.5 Å². The molecule has 0 atom stereocenters. The van der Waals surface area contributed by atoms with Crippen molar-refractivity contribution in [3.05, 3.63) is 50.9 Å². The van der Waals surface area contributed by atoms with E-state index in [1.165, 1.54) is 30.6 Å². The molecule has 120 valence electrons. The van der Waals surface area contributed by atoms with Crippen LogP contribution < -0.4 is 4.74 Å². The smallest absolute Gasteiger partial charge is 0.331 e. The van der Waals surface area contributed by atoms with Gasteiger partial charge in [0.2, 0.25) is 0 Å². The van der Waals surface area contributed by atoms with Crippen LogP contribution in [0.2, 0.25) is 5.02 Å². The van der Waals surface area contributed by atoms with Crippen molar-refractivity contribution in [3.63, 3.8) is 0 Å². The molecule has 2 rings (SSSR count). The maximum absolute atomic E-state index is 12.0. The second-order valence-electron chi connectivity index (χ2n) is 4.50. The lowest BCUT2D eigenvalue weighted by Crippen LogP contribution is -2.12. The summed E-state index contributed by atoms with van der Waals surface area (Å²) in [7, 11) is 1.49. The molecule has 7 heteroatoms. The van der Waals surface area contributed by atoms with Gasteiger partial charge in [0.05, 0.1) is 22.8 Å². The van der Waals surface area contributed by atoms with Gasteiger partial charge in [-0.05, 0) is 31.2 Å². The number of halogens is 1. The molecule has 0 saturated carbocycles. The molecule has 1 aromatic carbocycles. The number of methoxy groups -OCH3 is 1. The van der Waals surface area contributed by atoms with E-state index in [-0.39, 0.29) is 12.4 Å². The van der Waals surface area contributed by atoms with Gasteiger partial charge in [0.25, 0.3) is 0 Å². The first-order valence-corrected chi connectivity index (χ1v) is 7.89. The number of Topliss-reactive ketones (excluding diaryl/α,β-unsaturated/α-hetero) is 1. The van der Waals surface area contributed by atoms with Crippen LogP contribution in [0.25, 0.3) is 6.08 Å². The fourth-order valence-corrected chi connectivity index (χ4v) is 2.56. The lowest BCUT2D eigenvalue weighted by atomic mass is 10.1. The van der Waals surface area contributed by atoms with Crippen LogP contribution in [-0.2, 0) is 9.53 Å². The zero-order chi connectivity index (χ0) is 16.8. The van der Waals surface area contributed by atoms with Crippen molar-refractivity contribution in [2.75, 3.05) is 13.7 Å². The predicted molar refractivity (Wildman–Crippen MR) is 89.2 cm³/mol. The molecule has 0 amide bonds. The van der Waals surface area contributed by atoms with Gasteiger partial charge in [0.1, 0.15) is 5.75 Å². The number of carbonyl (C=O) groups excluding carboxylic acids is 2. The molecular weight excluding hydrogens is 338 g/mol. The second kappa shape index (κ2) is 7.89. The minimum absolute atomic E-state index is 0.323. The number of aryl methyl sites for hydroxylation is 1. The van der Waals surface area contributed by atoms with Gasteiger partial charge in [-0.1, -0.05) is 11.6 Å². The summed E-state index contributed by atoms with van der Waals surface area (Å²) in [6, 6.07) is 4.63. The highest BCUT2D eigenvalue weighted by Gasteiger charge is 2.11. The summed E-state index contributed by atoms with van der Waals surface area (Å²) in [5.41, 5.74) is 1.03. The van der Waals surface area contributed by atoms with Gasteiger partial charge in [0.15, 0.2) is 12.4 Å². The van der Waals surface area contributed by atoms with Crippen molar-refractivity contribution < 1.29 is 19.1 Å². The zero-order valence-corrected chi connectivity index (χ0v) is 14.1. The fourth-order valence-electron chi connectivity index (χ4n) is 1.72. The third-order valence-corrected chi connectivity index (χ3v) is 3.93. The molecule has 2 aromatic rings. The van der Waals surface area contributed by atoms with Crippen LogP contribution in [0.5, 0.6) is 5.75 Å². The Labute approximate surface area is 142 Å². The molecule has 0 spiro atoms. The molecule has 1 aromatic heterocycles. The highest BCUT2D eigenvalue weighted by molar-refractivity contribution is 7.09. The Morgan fingerprint density at radius 2 is 2.17 bits per heavy atom. The van der Waals surface area contributed by atoms with Crippen LogP contribution in [0.15, 0.2) is 29.7 Å². The van der Waals surface area contributed by atoms with E-state index in [9.17, 15) is 9.59 Å². The molecule has 23 heavy (non-hydrogen) atoms. The molecule has 0 fully saturated rings. The van der Waals surface area contributed by atoms with E-state index in [0.29, 0.717) is 22.0 Å². The first-order valence-electron chi connectivity index (χ1n) is 6.63. The maximum Gasteiger partial charge on any atom is 0.331 e. The van der Waals surface area contributed by atoms with Crippen molar-refractivity contribution >= 4 is 40.8 Å². The van der Waals surface area contributed by atoms with E-state index >= 15 is 0 Å². The van der Waals surface area contributed by atoms with Crippen LogP contribution >= 0.6 is 22.9 Å². The zero-order valence-electron chi connectivity index (χ0n) is 12.5. The number of rotatable bonds is 6. The van der Waals surface area contributed by atoms with Crippen molar-refractivity contribution in [1.29, 1.82) is 0 Å². The molecule has 5 nitrogen and oxygen atoms in total. The lowest BCUT2D eigenvalue weighted by Gasteiger charge is -2.05. The summed E-state index contributed by atoms with van der Waals surface area (Å²) in [5, 5.41) is 3.05. The van der Waals surface area contributed by atoms with Crippen LogP contribution in [0.3, 0.4) is 0 Å². The van der Waals surface area contributed by atoms with Gasteiger partial charge >= 0.3 is 5.97 Å². The van der Waals surface area contributed by atoms with E-state index in [1.807, 2.05) is 12.3 Å². The molecule has 0 aliphatic rings. The third-order valence-electron chi connectivity index (χ3n) is 2.85. The normalized spacial score (nSPS) is 10.7. The average molecular weight is 352 g/mol. The average Bonchev–Trinajstić information content (AvgIpc) is 2.96. The molecule has 0 aliphatic heterocycles. The van der Waals surface area contributed by atoms with E-state index in [2.05, 4.69) is 4.98 Å². The Bertz CT molecular complexity index is 754. The minimum Gasteiger partial charge on any atom is -0.495 e. The number of ketones is 1. The molecule has 0 saturated heterocycles. The van der Waals surface area contributed by atoms with E-state index < -0.39 is 5.97 Å². The first-order chi connectivity index (χ1) is 11.0. The predicted octanol–water partition coefficient (Wildman–Crippen LogP) is 3.55. The van der Waals surface area contributed by atoms with Gasteiger partial charge in [-0.15, -0.1) is 11.3 Å².